The van der Waals surface area contributed by atoms with Crippen molar-refractivity contribution in [3.63, 3.8) is 0 Å². The van der Waals surface area contributed by atoms with Crippen molar-refractivity contribution in [2.45, 2.75) is 25.6 Å². The van der Waals surface area contributed by atoms with Gasteiger partial charge >= 0.3 is 6.18 Å². The first-order valence-electron chi connectivity index (χ1n) is 7.82. The van der Waals surface area contributed by atoms with Crippen LogP contribution >= 0.6 is 22.9 Å². The first kappa shape index (κ1) is 21.0. The van der Waals surface area contributed by atoms with E-state index in [0.29, 0.717) is 16.5 Å². The Morgan fingerprint density at radius 1 is 1.41 bits per heavy atom. The number of benzene rings is 1. The number of nitrogens with zero attached hydrogens (tertiary/aromatic N) is 1. The Labute approximate surface area is 163 Å². The molecule has 2 aromatic rings. The molecule has 1 unspecified atom stereocenters. The number of hydrogen-bond acceptors (Lipinski definition) is 4. The number of amides is 1. The molecule has 1 aromatic heterocycles. The van der Waals surface area contributed by atoms with Crippen LogP contribution in [0.3, 0.4) is 0 Å². The highest BCUT2D eigenvalue weighted by Gasteiger charge is 2.36. The Balaban J connectivity index is 1.98. The Morgan fingerprint density at radius 3 is 2.74 bits per heavy atom. The molecule has 0 spiro atoms. The van der Waals surface area contributed by atoms with Crippen LogP contribution in [-0.4, -0.2) is 23.1 Å². The van der Waals surface area contributed by atoms with Crippen LogP contribution in [0.4, 0.5) is 13.2 Å². The molecule has 9 heteroatoms. The zero-order chi connectivity index (χ0) is 20.0. The Morgan fingerprint density at radius 2 is 2.11 bits per heavy atom. The van der Waals surface area contributed by atoms with Crippen molar-refractivity contribution in [3.05, 3.63) is 75.5 Å². The van der Waals surface area contributed by atoms with Gasteiger partial charge in [-0.1, -0.05) is 35.9 Å². The molecule has 0 aliphatic heterocycles. The summed E-state index contributed by atoms with van der Waals surface area (Å²) in [5.74, 6) is -0.505. The normalized spacial score (nSPS) is 13.1. The van der Waals surface area contributed by atoms with E-state index in [2.05, 4.69) is 22.2 Å². The third kappa shape index (κ3) is 6.11. The zero-order valence-corrected chi connectivity index (χ0v) is 15.9. The van der Waals surface area contributed by atoms with E-state index in [1.54, 1.807) is 11.4 Å². The van der Waals surface area contributed by atoms with Crippen molar-refractivity contribution in [2.24, 2.45) is 0 Å². The van der Waals surface area contributed by atoms with Gasteiger partial charge in [0.25, 0.3) is 5.91 Å². The lowest BCUT2D eigenvalue weighted by Crippen LogP contribution is -2.38. The average molecular weight is 416 g/mol. The van der Waals surface area contributed by atoms with Gasteiger partial charge in [0.2, 0.25) is 0 Å². The van der Waals surface area contributed by atoms with Crippen LogP contribution in [0.15, 0.2) is 54.2 Å². The van der Waals surface area contributed by atoms with E-state index in [9.17, 15) is 18.0 Å². The average Bonchev–Trinajstić information content (AvgIpc) is 3.05. The van der Waals surface area contributed by atoms with Crippen molar-refractivity contribution in [3.8, 4) is 0 Å². The fourth-order valence-electron chi connectivity index (χ4n) is 2.09. The smallest absolute Gasteiger partial charge is 0.375 e. The second-order valence-electron chi connectivity index (χ2n) is 5.60. The van der Waals surface area contributed by atoms with Gasteiger partial charge in [-0.05, 0) is 18.6 Å². The van der Waals surface area contributed by atoms with Crippen LogP contribution < -0.4 is 10.6 Å². The largest absolute Gasteiger partial charge is 0.412 e. The molecule has 4 nitrogen and oxygen atoms in total. The number of thiazole rings is 1. The summed E-state index contributed by atoms with van der Waals surface area (Å²) in [7, 11) is 0. The van der Waals surface area contributed by atoms with E-state index in [1.165, 1.54) is 18.3 Å². The minimum absolute atomic E-state index is 0.186. The SMILES string of the molecule is C=CC(N/C=C(\C)NC(=O)c1csc(Cc2ccccc2Cl)n1)C(F)(F)F. The maximum atomic E-state index is 12.6. The zero-order valence-electron chi connectivity index (χ0n) is 14.3. The van der Waals surface area contributed by atoms with Gasteiger partial charge in [0, 0.05) is 28.7 Å². The van der Waals surface area contributed by atoms with Gasteiger partial charge in [0.1, 0.15) is 11.7 Å². The monoisotopic (exact) mass is 415 g/mol. The quantitative estimate of drug-likeness (QED) is 0.645. The van der Waals surface area contributed by atoms with Crippen molar-refractivity contribution in [1.82, 2.24) is 15.6 Å². The van der Waals surface area contributed by atoms with Gasteiger partial charge in [-0.25, -0.2) is 4.98 Å². The summed E-state index contributed by atoms with van der Waals surface area (Å²) < 4.78 is 37.9. The van der Waals surface area contributed by atoms with Gasteiger partial charge in [-0.3, -0.25) is 4.79 Å². The van der Waals surface area contributed by atoms with E-state index in [4.69, 9.17) is 11.6 Å². The van der Waals surface area contributed by atoms with Crippen LogP contribution in [-0.2, 0) is 6.42 Å². The summed E-state index contributed by atoms with van der Waals surface area (Å²) in [6.07, 6.45) is -2.16. The maximum Gasteiger partial charge on any atom is 0.412 e. The molecule has 1 aromatic carbocycles. The van der Waals surface area contributed by atoms with Crippen molar-refractivity contribution in [2.75, 3.05) is 0 Å². The molecule has 0 bridgehead atoms. The summed E-state index contributed by atoms with van der Waals surface area (Å²) in [6, 6.07) is 5.44. The molecular formula is C18H17ClF3N3OS. The highest BCUT2D eigenvalue weighted by Crippen LogP contribution is 2.22. The number of hydrogen-bond donors (Lipinski definition) is 2. The number of alkyl halides is 3. The molecule has 0 fully saturated rings. The first-order chi connectivity index (χ1) is 12.7. The van der Waals surface area contributed by atoms with E-state index in [-0.39, 0.29) is 11.4 Å². The van der Waals surface area contributed by atoms with Crippen LogP contribution in [0.25, 0.3) is 0 Å². The minimum Gasteiger partial charge on any atom is -0.375 e. The first-order valence-corrected chi connectivity index (χ1v) is 9.07. The summed E-state index contributed by atoms with van der Waals surface area (Å²) in [6.45, 7) is 4.61. The molecule has 0 radical (unpaired) electrons. The fourth-order valence-corrected chi connectivity index (χ4v) is 3.09. The predicted octanol–water partition coefficient (Wildman–Crippen LogP) is 4.68. The second kappa shape index (κ2) is 9.05. The van der Waals surface area contributed by atoms with E-state index >= 15 is 0 Å². The molecule has 0 aliphatic carbocycles. The number of rotatable bonds is 7. The van der Waals surface area contributed by atoms with Crippen molar-refractivity contribution < 1.29 is 18.0 Å². The highest BCUT2D eigenvalue weighted by atomic mass is 35.5. The molecule has 2 rings (SSSR count). The lowest BCUT2D eigenvalue weighted by Gasteiger charge is -2.17. The number of nitrogens with one attached hydrogen (secondary N) is 2. The van der Waals surface area contributed by atoms with E-state index in [1.807, 2.05) is 18.2 Å². The lowest BCUT2D eigenvalue weighted by molar-refractivity contribution is -0.142. The topological polar surface area (TPSA) is 54.0 Å². The molecule has 0 saturated carbocycles. The Hall–Kier alpha value is -2.32. The number of carbonyl (C=O) groups is 1. The van der Waals surface area contributed by atoms with Gasteiger partial charge < -0.3 is 10.6 Å². The van der Waals surface area contributed by atoms with Crippen LogP contribution in [0.1, 0.15) is 28.0 Å². The van der Waals surface area contributed by atoms with Gasteiger partial charge in [0.15, 0.2) is 0 Å². The van der Waals surface area contributed by atoms with Crippen molar-refractivity contribution >= 4 is 28.8 Å². The molecule has 1 amide bonds. The molecule has 144 valence electrons. The summed E-state index contributed by atoms with van der Waals surface area (Å²) in [5.41, 5.74) is 1.30. The third-order valence-electron chi connectivity index (χ3n) is 3.46. The predicted molar refractivity (Wildman–Crippen MR) is 101 cm³/mol. The highest BCUT2D eigenvalue weighted by molar-refractivity contribution is 7.09. The molecule has 1 heterocycles. The number of halogens is 4. The molecule has 1 atom stereocenters. The number of carbonyl (C=O) groups excluding carboxylic acids is 1. The Kier molecular flexibility index (Phi) is 7.04. The Bertz CT molecular complexity index is 848. The van der Waals surface area contributed by atoms with Gasteiger partial charge in [-0.15, -0.1) is 17.9 Å². The van der Waals surface area contributed by atoms with E-state index < -0.39 is 18.1 Å². The standard InChI is InChI=1S/C18H17ClF3N3OS/c1-3-15(18(20,21)22)23-9-11(2)24-17(26)14-10-27-16(25-14)8-12-6-4-5-7-13(12)19/h3-7,9-10,15,23H,1,8H2,2H3,(H,24,26)/b11-9+. The number of allylic oxidation sites excluding steroid dienone is 1. The molecule has 27 heavy (non-hydrogen) atoms. The van der Waals surface area contributed by atoms with Crippen molar-refractivity contribution in [1.29, 1.82) is 0 Å². The summed E-state index contributed by atoms with van der Waals surface area (Å²) in [4.78, 5) is 16.4. The minimum atomic E-state index is -4.47. The van der Waals surface area contributed by atoms with Gasteiger partial charge in [0.05, 0.1) is 5.01 Å². The molecule has 0 aliphatic rings. The molecule has 0 saturated heterocycles. The summed E-state index contributed by atoms with van der Waals surface area (Å²) in [5, 5.41) is 7.56. The molecule has 2 N–H and O–H groups in total. The van der Waals surface area contributed by atoms with Crippen LogP contribution in [0.5, 0.6) is 0 Å². The summed E-state index contributed by atoms with van der Waals surface area (Å²) >= 11 is 7.42. The van der Waals surface area contributed by atoms with Crippen LogP contribution in [0, 0.1) is 0 Å². The van der Waals surface area contributed by atoms with E-state index in [0.717, 1.165) is 17.8 Å². The number of aromatic nitrogens is 1. The van der Waals surface area contributed by atoms with Gasteiger partial charge in [-0.2, -0.15) is 13.2 Å². The second-order valence-corrected chi connectivity index (χ2v) is 6.95. The maximum absolute atomic E-state index is 12.6. The fraction of sp³-hybridized carbons (Fsp3) is 0.222. The molecular weight excluding hydrogens is 399 g/mol. The lowest BCUT2D eigenvalue weighted by atomic mass is 10.2. The van der Waals surface area contributed by atoms with Crippen LogP contribution in [0.2, 0.25) is 5.02 Å². The third-order valence-corrected chi connectivity index (χ3v) is 4.68.